The van der Waals surface area contributed by atoms with Gasteiger partial charge in [-0.15, -0.1) is 11.6 Å². The summed E-state index contributed by atoms with van der Waals surface area (Å²) >= 11 is 6.35. The highest BCUT2D eigenvalue weighted by atomic mass is 35.5. The molecule has 0 radical (unpaired) electrons. The number of amides is 1. The molecule has 132 valence electrons. The van der Waals surface area contributed by atoms with Crippen LogP contribution in [-0.4, -0.2) is 31.1 Å². The molecule has 25 heavy (non-hydrogen) atoms. The van der Waals surface area contributed by atoms with E-state index >= 15 is 0 Å². The molecular formula is C19H20ClNO4. The minimum absolute atomic E-state index is 0.00672. The molecule has 0 aliphatic carbocycles. The van der Waals surface area contributed by atoms with Crippen molar-refractivity contribution in [3.8, 4) is 5.75 Å². The third-order valence-corrected chi connectivity index (χ3v) is 4.66. The Balaban J connectivity index is 2.09. The van der Waals surface area contributed by atoms with Crippen molar-refractivity contribution in [1.82, 2.24) is 0 Å². The van der Waals surface area contributed by atoms with Gasteiger partial charge in [0.05, 0.1) is 7.11 Å². The number of aliphatic carboxylic acids is 1. The first-order valence-electron chi connectivity index (χ1n) is 7.77. The summed E-state index contributed by atoms with van der Waals surface area (Å²) < 4.78 is 5.09. The highest BCUT2D eigenvalue weighted by Crippen LogP contribution is 2.35. The van der Waals surface area contributed by atoms with Gasteiger partial charge >= 0.3 is 5.97 Å². The number of carbonyl (C=O) groups excluding carboxylic acids is 1. The van der Waals surface area contributed by atoms with E-state index in [1.54, 1.807) is 68.8 Å². The molecule has 0 spiro atoms. The second-order valence-electron chi connectivity index (χ2n) is 5.62. The van der Waals surface area contributed by atoms with Crippen LogP contribution in [0.5, 0.6) is 5.75 Å². The molecule has 0 saturated heterocycles. The first kappa shape index (κ1) is 18.8. The smallest absolute Gasteiger partial charge is 0.329 e. The minimum atomic E-state index is -1.63. The van der Waals surface area contributed by atoms with E-state index in [1.807, 2.05) is 0 Å². The van der Waals surface area contributed by atoms with E-state index in [0.29, 0.717) is 17.0 Å². The molecule has 0 bridgehead atoms. The largest absolute Gasteiger partial charge is 0.497 e. The molecule has 0 aliphatic rings. The highest BCUT2D eigenvalue weighted by molar-refractivity contribution is 6.33. The van der Waals surface area contributed by atoms with E-state index in [0.717, 1.165) is 0 Å². The molecule has 0 fully saturated rings. The average molecular weight is 362 g/mol. The van der Waals surface area contributed by atoms with Crippen LogP contribution in [0.25, 0.3) is 0 Å². The fourth-order valence-corrected chi connectivity index (χ4v) is 2.69. The predicted octanol–water partition coefficient (Wildman–Crippen LogP) is 3.66. The summed E-state index contributed by atoms with van der Waals surface area (Å²) in [6, 6.07) is 15.6. The van der Waals surface area contributed by atoms with Crippen molar-refractivity contribution < 1.29 is 19.4 Å². The standard InChI is InChI=1S/C19H20ClNO4/c1-21(15-8-10-16(25-2)11-9-15)17(22)12-13-19(20,18(23)24)14-6-4-3-5-7-14/h3-11H,12-13H2,1-2H3,(H,23,24). The molecule has 0 heterocycles. The van der Waals surface area contributed by atoms with Crippen molar-refractivity contribution in [1.29, 1.82) is 0 Å². The van der Waals surface area contributed by atoms with Crippen molar-refractivity contribution in [3.63, 3.8) is 0 Å². The molecule has 6 heteroatoms. The van der Waals surface area contributed by atoms with Crippen molar-refractivity contribution in [2.75, 3.05) is 19.1 Å². The third-order valence-electron chi connectivity index (χ3n) is 4.09. The van der Waals surface area contributed by atoms with Gasteiger partial charge < -0.3 is 14.7 Å². The van der Waals surface area contributed by atoms with E-state index in [1.165, 1.54) is 4.90 Å². The van der Waals surface area contributed by atoms with Gasteiger partial charge in [-0.05, 0) is 36.2 Å². The maximum Gasteiger partial charge on any atom is 0.329 e. The Bertz CT molecular complexity index is 733. The molecule has 0 aromatic heterocycles. The Morgan fingerprint density at radius 3 is 2.24 bits per heavy atom. The molecule has 5 nitrogen and oxygen atoms in total. The molecule has 1 atom stereocenters. The fraction of sp³-hybridized carbons (Fsp3) is 0.263. The monoisotopic (exact) mass is 361 g/mol. The van der Waals surface area contributed by atoms with E-state index < -0.39 is 10.8 Å². The van der Waals surface area contributed by atoms with Crippen LogP contribution in [0, 0.1) is 0 Å². The number of ether oxygens (including phenoxy) is 1. The number of carboxylic acid groups (broad SMARTS) is 1. The first-order chi connectivity index (χ1) is 11.9. The number of halogens is 1. The molecule has 1 unspecified atom stereocenters. The van der Waals surface area contributed by atoms with Gasteiger partial charge in [0, 0.05) is 19.2 Å². The Labute approximate surface area is 151 Å². The van der Waals surface area contributed by atoms with Gasteiger partial charge in [0.1, 0.15) is 5.75 Å². The number of hydrogen-bond acceptors (Lipinski definition) is 3. The second-order valence-corrected chi connectivity index (χ2v) is 6.27. The van der Waals surface area contributed by atoms with Crippen molar-refractivity contribution in [2.45, 2.75) is 17.7 Å². The van der Waals surface area contributed by atoms with Gasteiger partial charge in [0.25, 0.3) is 0 Å². The Hall–Kier alpha value is -2.53. The fourth-order valence-electron chi connectivity index (χ4n) is 2.47. The zero-order chi connectivity index (χ0) is 18.4. The SMILES string of the molecule is COc1ccc(N(C)C(=O)CCC(Cl)(C(=O)O)c2ccccc2)cc1. The summed E-state index contributed by atoms with van der Waals surface area (Å²) in [6.07, 6.45) is 0.000450. The Morgan fingerprint density at radius 2 is 1.72 bits per heavy atom. The number of alkyl halides is 1. The zero-order valence-electron chi connectivity index (χ0n) is 14.1. The summed E-state index contributed by atoms with van der Waals surface area (Å²) in [6.45, 7) is 0. The summed E-state index contributed by atoms with van der Waals surface area (Å²) in [7, 11) is 3.21. The Kier molecular flexibility index (Phi) is 6.04. The van der Waals surface area contributed by atoms with Crippen molar-refractivity contribution in [2.24, 2.45) is 0 Å². The van der Waals surface area contributed by atoms with Crippen LogP contribution in [0.15, 0.2) is 54.6 Å². The average Bonchev–Trinajstić information content (AvgIpc) is 2.65. The number of hydrogen-bond donors (Lipinski definition) is 1. The van der Waals surface area contributed by atoms with E-state index in [9.17, 15) is 14.7 Å². The maximum absolute atomic E-state index is 12.4. The van der Waals surface area contributed by atoms with E-state index in [-0.39, 0.29) is 18.7 Å². The van der Waals surface area contributed by atoms with Gasteiger partial charge in [-0.1, -0.05) is 30.3 Å². The van der Waals surface area contributed by atoms with E-state index in [2.05, 4.69) is 0 Å². The van der Waals surface area contributed by atoms with E-state index in [4.69, 9.17) is 16.3 Å². The molecule has 2 rings (SSSR count). The number of carboxylic acids is 1. The third kappa shape index (κ3) is 4.31. The number of methoxy groups -OCH3 is 1. The summed E-state index contributed by atoms with van der Waals surface area (Å²) in [5.74, 6) is -0.688. The van der Waals surface area contributed by atoms with Crippen LogP contribution in [-0.2, 0) is 14.5 Å². The summed E-state index contributed by atoms with van der Waals surface area (Å²) in [5.41, 5.74) is 1.16. The van der Waals surface area contributed by atoms with Crippen LogP contribution in [0.1, 0.15) is 18.4 Å². The Morgan fingerprint density at radius 1 is 1.12 bits per heavy atom. The van der Waals surface area contributed by atoms with Crippen LogP contribution in [0.2, 0.25) is 0 Å². The lowest BCUT2D eigenvalue weighted by atomic mass is 9.93. The van der Waals surface area contributed by atoms with Gasteiger partial charge in [0.15, 0.2) is 4.87 Å². The molecule has 0 saturated carbocycles. The van der Waals surface area contributed by atoms with Crippen LogP contribution in [0.4, 0.5) is 5.69 Å². The number of anilines is 1. The molecular weight excluding hydrogens is 342 g/mol. The van der Waals surface area contributed by atoms with Gasteiger partial charge in [-0.3, -0.25) is 4.79 Å². The lowest BCUT2D eigenvalue weighted by molar-refractivity contribution is -0.140. The quantitative estimate of drug-likeness (QED) is 0.764. The predicted molar refractivity (Wildman–Crippen MR) is 97.2 cm³/mol. The van der Waals surface area contributed by atoms with Gasteiger partial charge in [-0.25, -0.2) is 4.79 Å². The van der Waals surface area contributed by atoms with Crippen LogP contribution in [0.3, 0.4) is 0 Å². The number of rotatable bonds is 7. The summed E-state index contributed by atoms with van der Waals surface area (Å²) in [5, 5.41) is 9.54. The molecule has 1 N–H and O–H groups in total. The van der Waals surface area contributed by atoms with Gasteiger partial charge in [0.2, 0.25) is 5.91 Å². The lowest BCUT2D eigenvalue weighted by Crippen LogP contribution is -2.33. The number of benzene rings is 2. The zero-order valence-corrected chi connectivity index (χ0v) is 14.9. The molecule has 2 aromatic rings. The summed E-state index contributed by atoms with van der Waals surface area (Å²) in [4.78, 5) is 24.0. The van der Waals surface area contributed by atoms with Crippen molar-refractivity contribution in [3.05, 3.63) is 60.2 Å². The second kappa shape index (κ2) is 8.03. The van der Waals surface area contributed by atoms with Crippen molar-refractivity contribution >= 4 is 29.2 Å². The topological polar surface area (TPSA) is 66.8 Å². The molecule has 1 amide bonds. The number of carbonyl (C=O) groups is 2. The minimum Gasteiger partial charge on any atom is -0.497 e. The van der Waals surface area contributed by atoms with Crippen LogP contribution >= 0.6 is 11.6 Å². The lowest BCUT2D eigenvalue weighted by Gasteiger charge is -2.24. The highest BCUT2D eigenvalue weighted by Gasteiger charge is 2.38. The normalized spacial score (nSPS) is 12.9. The first-order valence-corrected chi connectivity index (χ1v) is 8.14. The van der Waals surface area contributed by atoms with Gasteiger partial charge in [-0.2, -0.15) is 0 Å². The van der Waals surface area contributed by atoms with Crippen LogP contribution < -0.4 is 9.64 Å². The maximum atomic E-state index is 12.4. The molecule has 2 aromatic carbocycles. The number of nitrogens with zero attached hydrogens (tertiary/aromatic N) is 1. The molecule has 0 aliphatic heterocycles.